The fraction of sp³-hybridized carbons (Fsp3) is 0.385. The van der Waals surface area contributed by atoms with Crippen LogP contribution in [0.4, 0.5) is 42.7 Å². The Morgan fingerprint density at radius 1 is 1.22 bits per heavy atom. The van der Waals surface area contributed by atoms with Crippen LogP contribution in [0.25, 0.3) is 0 Å². The molecule has 0 atom stereocenters. The number of halogens is 1. The molecule has 11 heteroatoms. The zero-order valence-corrected chi connectivity index (χ0v) is 22.0. The lowest BCUT2D eigenvalue weighted by molar-refractivity contribution is 0.256. The summed E-state index contributed by atoms with van der Waals surface area (Å²) in [5.74, 6) is 1.01. The maximum Gasteiger partial charge on any atom is 0.326 e. The van der Waals surface area contributed by atoms with Crippen LogP contribution in [0.1, 0.15) is 63.0 Å². The van der Waals surface area contributed by atoms with Gasteiger partial charge in [-0.2, -0.15) is 0 Å². The third-order valence-corrected chi connectivity index (χ3v) is 6.13. The van der Waals surface area contributed by atoms with Crippen LogP contribution in [0, 0.1) is 12.7 Å². The summed E-state index contributed by atoms with van der Waals surface area (Å²) in [5.41, 5.74) is 3.12. The van der Waals surface area contributed by atoms with Gasteiger partial charge in [-0.25, -0.2) is 19.0 Å². The molecule has 0 saturated carbocycles. The van der Waals surface area contributed by atoms with Crippen molar-refractivity contribution in [3.05, 3.63) is 52.7 Å². The zero-order valence-electron chi connectivity index (χ0n) is 22.0. The van der Waals surface area contributed by atoms with E-state index in [1.165, 1.54) is 17.0 Å². The van der Waals surface area contributed by atoms with Crippen LogP contribution in [0.15, 0.2) is 28.9 Å². The first-order chi connectivity index (χ1) is 17.4. The lowest BCUT2D eigenvalue weighted by atomic mass is 9.93. The van der Waals surface area contributed by atoms with Gasteiger partial charge in [0.1, 0.15) is 17.4 Å². The van der Waals surface area contributed by atoms with Gasteiger partial charge < -0.3 is 20.5 Å². The Balaban J connectivity index is 1.59. The Morgan fingerprint density at radius 2 is 1.95 bits per heavy atom. The number of carbonyl (C=O) groups is 2. The molecule has 0 saturated heterocycles. The predicted molar refractivity (Wildman–Crippen MR) is 142 cm³/mol. The molecule has 10 nitrogen and oxygen atoms in total. The third kappa shape index (κ3) is 5.20. The molecule has 2 aromatic heterocycles. The Kier molecular flexibility index (Phi) is 6.81. The van der Waals surface area contributed by atoms with Gasteiger partial charge >= 0.3 is 12.1 Å². The summed E-state index contributed by atoms with van der Waals surface area (Å²) in [6.07, 6.45) is 1.72. The Bertz CT molecular complexity index is 1360. The number of fused-ring (bicyclic) bond motifs is 1. The molecule has 0 fully saturated rings. The van der Waals surface area contributed by atoms with Crippen LogP contribution in [-0.2, 0) is 12.0 Å². The highest BCUT2D eigenvalue weighted by molar-refractivity contribution is 6.06. The van der Waals surface area contributed by atoms with Crippen LogP contribution in [0.3, 0.4) is 0 Å². The van der Waals surface area contributed by atoms with Crippen molar-refractivity contribution in [1.29, 1.82) is 0 Å². The molecular formula is C26H32FN7O3. The molecule has 4 amide bonds. The normalized spacial score (nSPS) is 13.3. The minimum atomic E-state index is -0.693. The fourth-order valence-electron chi connectivity index (χ4n) is 4.21. The Labute approximate surface area is 215 Å². The van der Waals surface area contributed by atoms with Gasteiger partial charge in [-0.1, -0.05) is 39.8 Å². The number of carbonyl (C=O) groups excluding carboxylic acids is 2. The van der Waals surface area contributed by atoms with Crippen LogP contribution in [0.2, 0.25) is 0 Å². The van der Waals surface area contributed by atoms with E-state index in [9.17, 15) is 14.0 Å². The highest BCUT2D eigenvalue weighted by Gasteiger charge is 2.30. The van der Waals surface area contributed by atoms with E-state index in [4.69, 9.17) is 4.52 Å². The average molecular weight is 510 g/mol. The molecular weight excluding hydrogens is 477 g/mol. The number of aromatic nitrogens is 2. The summed E-state index contributed by atoms with van der Waals surface area (Å²) >= 11 is 0. The predicted octanol–water partition coefficient (Wildman–Crippen LogP) is 6.18. The fourth-order valence-corrected chi connectivity index (χ4v) is 4.21. The Hall–Kier alpha value is -4.15. The molecule has 3 aromatic rings. The van der Waals surface area contributed by atoms with E-state index < -0.39 is 11.8 Å². The monoisotopic (exact) mass is 509 g/mol. The van der Waals surface area contributed by atoms with Gasteiger partial charge in [0.2, 0.25) is 0 Å². The summed E-state index contributed by atoms with van der Waals surface area (Å²) in [5, 5.41) is 14.9. The first-order valence-corrected chi connectivity index (χ1v) is 12.0. The number of nitrogens with zero attached hydrogens (tertiary/aromatic N) is 3. The molecule has 1 aromatic carbocycles. The number of benzene rings is 1. The molecule has 4 N–H and O–H groups in total. The maximum absolute atomic E-state index is 14.8. The molecule has 0 unspecified atom stereocenters. The molecule has 4 rings (SSSR count). The van der Waals surface area contributed by atoms with E-state index in [0.29, 0.717) is 22.8 Å². The number of nitrogens with one attached hydrogen (secondary N) is 4. The van der Waals surface area contributed by atoms with Gasteiger partial charge in [0.05, 0.1) is 23.6 Å². The number of hydrogen-bond acceptors (Lipinski definition) is 6. The van der Waals surface area contributed by atoms with Crippen molar-refractivity contribution in [3.8, 4) is 0 Å². The maximum atomic E-state index is 14.8. The largest absolute Gasteiger partial charge is 0.373 e. The van der Waals surface area contributed by atoms with E-state index in [1.54, 1.807) is 26.2 Å². The number of aryl methyl sites for hydroxylation is 1. The number of urea groups is 2. The van der Waals surface area contributed by atoms with E-state index in [-0.39, 0.29) is 35.4 Å². The van der Waals surface area contributed by atoms with Crippen molar-refractivity contribution in [1.82, 2.24) is 10.1 Å². The number of rotatable bonds is 5. The Morgan fingerprint density at radius 3 is 2.57 bits per heavy atom. The van der Waals surface area contributed by atoms with Gasteiger partial charge in [-0.3, -0.25) is 10.2 Å². The van der Waals surface area contributed by atoms with Crippen molar-refractivity contribution in [2.75, 3.05) is 33.2 Å². The molecule has 1 aliphatic heterocycles. The second-order valence-corrected chi connectivity index (χ2v) is 10.4. The zero-order chi connectivity index (χ0) is 27.1. The third-order valence-electron chi connectivity index (χ3n) is 6.13. The SMILES string of the molecule is CNc1ncc2c(c1C(C)C)NC(=O)N(c1cc(NC(=O)Nc3cc(C(C)(C)C)on3)c(F)cc1C)C2. The van der Waals surface area contributed by atoms with Gasteiger partial charge in [0, 0.05) is 35.9 Å². The van der Waals surface area contributed by atoms with Crippen molar-refractivity contribution < 1.29 is 18.5 Å². The summed E-state index contributed by atoms with van der Waals surface area (Å²) in [6, 6.07) is 3.29. The highest BCUT2D eigenvalue weighted by Crippen LogP contribution is 2.38. The van der Waals surface area contributed by atoms with E-state index in [0.717, 1.165) is 16.8 Å². The summed E-state index contributed by atoms with van der Waals surface area (Å²) < 4.78 is 20.1. The lowest BCUT2D eigenvalue weighted by Gasteiger charge is -2.33. The van der Waals surface area contributed by atoms with Crippen LogP contribution < -0.4 is 26.2 Å². The molecule has 0 aliphatic carbocycles. The second kappa shape index (κ2) is 9.72. The topological polar surface area (TPSA) is 124 Å². The number of pyridine rings is 1. The van der Waals surface area contributed by atoms with Gasteiger partial charge in [0.25, 0.3) is 0 Å². The lowest BCUT2D eigenvalue weighted by Crippen LogP contribution is -2.40. The number of hydrogen-bond donors (Lipinski definition) is 4. The highest BCUT2D eigenvalue weighted by atomic mass is 19.1. The standard InChI is InChI=1S/C26H32FN7O3/c1-13(2)21-22-15(11-29-23(21)28-7)12-34(25(36)32-22)18-9-17(16(27)8-14(18)3)30-24(35)31-20-10-19(37-33-20)26(4,5)6/h8-11,13H,12H2,1-7H3,(H,28,29)(H,32,36)(H2,30,31,33,35). The molecule has 0 spiro atoms. The average Bonchev–Trinajstić information content (AvgIpc) is 3.28. The molecule has 0 bridgehead atoms. The molecule has 3 heterocycles. The molecule has 0 radical (unpaired) electrons. The van der Waals surface area contributed by atoms with Gasteiger partial charge in [-0.05, 0) is 30.5 Å². The van der Waals surface area contributed by atoms with Gasteiger partial charge in [0.15, 0.2) is 5.82 Å². The summed E-state index contributed by atoms with van der Waals surface area (Å²) in [4.78, 5) is 31.8. The van der Waals surface area contributed by atoms with Crippen molar-refractivity contribution in [3.63, 3.8) is 0 Å². The first-order valence-electron chi connectivity index (χ1n) is 12.0. The smallest absolute Gasteiger partial charge is 0.326 e. The molecule has 196 valence electrons. The second-order valence-electron chi connectivity index (χ2n) is 10.4. The van der Waals surface area contributed by atoms with Crippen LogP contribution in [-0.4, -0.2) is 29.3 Å². The van der Waals surface area contributed by atoms with Crippen LogP contribution in [0.5, 0.6) is 0 Å². The number of anilines is 5. The number of amides is 4. The quantitative estimate of drug-likeness (QED) is 0.326. The van der Waals surface area contributed by atoms with Crippen LogP contribution >= 0.6 is 0 Å². The summed E-state index contributed by atoms with van der Waals surface area (Å²) in [6.45, 7) is 11.9. The molecule has 1 aliphatic rings. The minimum absolute atomic E-state index is 0.0808. The van der Waals surface area contributed by atoms with E-state index in [1.807, 2.05) is 34.6 Å². The van der Waals surface area contributed by atoms with E-state index in [2.05, 4.69) is 31.4 Å². The van der Waals surface area contributed by atoms with Gasteiger partial charge in [-0.15, -0.1) is 0 Å². The molecule has 37 heavy (non-hydrogen) atoms. The van der Waals surface area contributed by atoms with Crippen molar-refractivity contribution >= 4 is 40.8 Å². The van der Waals surface area contributed by atoms with Crippen molar-refractivity contribution in [2.45, 2.75) is 59.4 Å². The first kappa shape index (κ1) is 25.9. The van der Waals surface area contributed by atoms with Crippen molar-refractivity contribution in [2.24, 2.45) is 0 Å². The summed E-state index contributed by atoms with van der Waals surface area (Å²) in [7, 11) is 1.79. The van der Waals surface area contributed by atoms with E-state index >= 15 is 0 Å². The minimum Gasteiger partial charge on any atom is -0.373 e.